The van der Waals surface area contributed by atoms with E-state index in [1.165, 1.54) is 0 Å². The van der Waals surface area contributed by atoms with Gasteiger partial charge in [0, 0.05) is 0 Å². The van der Waals surface area contributed by atoms with E-state index in [-0.39, 0.29) is 6.10 Å². The molecule has 0 atom stereocenters. The van der Waals surface area contributed by atoms with Gasteiger partial charge < -0.3 is 4.74 Å². The zero-order valence-corrected chi connectivity index (χ0v) is 6.23. The van der Waals surface area contributed by atoms with Crippen LogP contribution >= 0.6 is 0 Å². The third-order valence-corrected chi connectivity index (χ3v) is 0.864. The smallest absolute Gasteiger partial charge is 0.371 e. The van der Waals surface area contributed by atoms with Gasteiger partial charge in [0.05, 0.1) is 6.10 Å². The van der Waals surface area contributed by atoms with Gasteiger partial charge in [0.2, 0.25) is 0 Å². The molecule has 0 saturated heterocycles. The Labute approximate surface area is 62.3 Å². The molecular formula is C6H9F3O2. The number of Topliss-reactive ketones (excluding diaryl/α,β-unsaturated/α-hetero) is 1. The van der Waals surface area contributed by atoms with E-state index in [9.17, 15) is 18.0 Å². The van der Waals surface area contributed by atoms with Gasteiger partial charge >= 0.3 is 6.18 Å². The van der Waals surface area contributed by atoms with Crippen LogP contribution in [-0.4, -0.2) is 24.7 Å². The van der Waals surface area contributed by atoms with Gasteiger partial charge in [-0.25, -0.2) is 0 Å². The molecule has 0 saturated carbocycles. The minimum Gasteiger partial charge on any atom is -0.371 e. The molecule has 0 heterocycles. The zero-order valence-electron chi connectivity index (χ0n) is 6.23. The van der Waals surface area contributed by atoms with Gasteiger partial charge in [-0.3, -0.25) is 4.79 Å². The van der Waals surface area contributed by atoms with Crippen molar-refractivity contribution < 1.29 is 22.7 Å². The van der Waals surface area contributed by atoms with E-state index in [0.717, 1.165) is 0 Å². The molecule has 0 fully saturated rings. The van der Waals surface area contributed by atoms with Gasteiger partial charge in [-0.15, -0.1) is 0 Å². The van der Waals surface area contributed by atoms with E-state index in [4.69, 9.17) is 0 Å². The van der Waals surface area contributed by atoms with Crippen molar-refractivity contribution >= 4 is 5.78 Å². The summed E-state index contributed by atoms with van der Waals surface area (Å²) in [6, 6.07) is 0. The van der Waals surface area contributed by atoms with Crippen molar-refractivity contribution in [2.45, 2.75) is 26.1 Å². The molecule has 0 amide bonds. The molecular weight excluding hydrogens is 161 g/mol. The Hall–Kier alpha value is -0.580. The molecule has 0 radical (unpaired) electrons. The summed E-state index contributed by atoms with van der Waals surface area (Å²) in [4.78, 5) is 10.1. The van der Waals surface area contributed by atoms with Crippen molar-refractivity contribution in [3.63, 3.8) is 0 Å². The van der Waals surface area contributed by atoms with Gasteiger partial charge in [-0.05, 0) is 13.8 Å². The predicted octanol–water partition coefficient (Wildman–Crippen LogP) is 1.54. The number of carbonyl (C=O) groups excluding carboxylic acids is 1. The highest BCUT2D eigenvalue weighted by Gasteiger charge is 2.38. The minimum absolute atomic E-state index is 0.360. The fourth-order valence-electron chi connectivity index (χ4n) is 0.324. The lowest BCUT2D eigenvalue weighted by Gasteiger charge is -2.07. The van der Waals surface area contributed by atoms with Crippen molar-refractivity contribution in [1.29, 1.82) is 0 Å². The molecule has 0 aromatic rings. The first-order valence-corrected chi connectivity index (χ1v) is 3.05. The van der Waals surface area contributed by atoms with Crippen molar-refractivity contribution in [2.24, 2.45) is 0 Å². The quantitative estimate of drug-likeness (QED) is 0.642. The molecule has 66 valence electrons. The molecule has 0 bridgehead atoms. The second-order valence-corrected chi connectivity index (χ2v) is 2.28. The molecule has 0 aliphatic carbocycles. The summed E-state index contributed by atoms with van der Waals surface area (Å²) >= 11 is 0. The number of rotatable bonds is 3. The van der Waals surface area contributed by atoms with E-state index in [1.54, 1.807) is 13.8 Å². The van der Waals surface area contributed by atoms with Crippen LogP contribution in [0.2, 0.25) is 0 Å². The third-order valence-electron chi connectivity index (χ3n) is 0.864. The Morgan fingerprint density at radius 2 is 1.91 bits per heavy atom. The molecule has 0 N–H and O–H groups in total. The number of carbonyl (C=O) groups is 1. The fraction of sp³-hybridized carbons (Fsp3) is 0.833. The van der Waals surface area contributed by atoms with Crippen LogP contribution in [0.1, 0.15) is 13.8 Å². The molecule has 0 aromatic carbocycles. The highest BCUT2D eigenvalue weighted by atomic mass is 19.4. The molecule has 0 aromatic heterocycles. The Bertz CT molecular complexity index is 139. The lowest BCUT2D eigenvalue weighted by Crippen LogP contribution is -2.28. The Morgan fingerprint density at radius 3 is 2.18 bits per heavy atom. The molecule has 11 heavy (non-hydrogen) atoms. The number of ether oxygens (including phenoxy) is 1. The number of halogens is 3. The van der Waals surface area contributed by atoms with Crippen LogP contribution in [0.25, 0.3) is 0 Å². The lowest BCUT2D eigenvalue weighted by molar-refractivity contribution is -0.176. The van der Waals surface area contributed by atoms with Gasteiger partial charge in [-0.2, -0.15) is 13.2 Å². The molecule has 0 rings (SSSR count). The second kappa shape index (κ2) is 3.71. The van der Waals surface area contributed by atoms with Crippen LogP contribution < -0.4 is 0 Å². The average Bonchev–Trinajstić information content (AvgIpc) is 1.80. The average molecular weight is 170 g/mol. The lowest BCUT2D eigenvalue weighted by atomic mass is 10.4. The van der Waals surface area contributed by atoms with Crippen molar-refractivity contribution in [3.05, 3.63) is 0 Å². The molecule has 0 aliphatic heterocycles. The largest absolute Gasteiger partial charge is 0.452 e. The van der Waals surface area contributed by atoms with Gasteiger partial charge in [0.15, 0.2) is 0 Å². The van der Waals surface area contributed by atoms with E-state index in [1.807, 2.05) is 0 Å². The number of alkyl halides is 3. The summed E-state index contributed by atoms with van der Waals surface area (Å²) < 4.78 is 38.9. The summed E-state index contributed by atoms with van der Waals surface area (Å²) in [5.74, 6) is -1.84. The van der Waals surface area contributed by atoms with Gasteiger partial charge in [-0.1, -0.05) is 0 Å². The van der Waals surface area contributed by atoms with Crippen LogP contribution in [0.3, 0.4) is 0 Å². The molecule has 0 spiro atoms. The van der Waals surface area contributed by atoms with Crippen LogP contribution in [0.5, 0.6) is 0 Å². The normalized spacial score (nSPS) is 12.2. The van der Waals surface area contributed by atoms with E-state index < -0.39 is 18.6 Å². The van der Waals surface area contributed by atoms with Crippen LogP contribution in [0.4, 0.5) is 13.2 Å². The summed E-state index contributed by atoms with van der Waals surface area (Å²) in [7, 11) is 0. The SMILES string of the molecule is CC(C)OCC(=O)C(F)(F)F. The minimum atomic E-state index is -4.77. The highest BCUT2D eigenvalue weighted by molar-refractivity contribution is 5.85. The maximum Gasteiger partial charge on any atom is 0.452 e. The standard InChI is InChI=1S/C6H9F3O2/c1-4(2)11-3-5(10)6(7,8)9/h4H,3H2,1-2H3. The Morgan fingerprint density at radius 1 is 1.45 bits per heavy atom. The number of ketones is 1. The maximum atomic E-state index is 11.5. The first kappa shape index (κ1) is 10.4. The number of hydrogen-bond donors (Lipinski definition) is 0. The van der Waals surface area contributed by atoms with Crippen LogP contribution in [-0.2, 0) is 9.53 Å². The first-order valence-electron chi connectivity index (χ1n) is 3.05. The number of hydrogen-bond acceptors (Lipinski definition) is 2. The van der Waals surface area contributed by atoms with E-state index in [2.05, 4.69) is 4.74 Å². The Kier molecular flexibility index (Phi) is 3.51. The first-order chi connectivity index (χ1) is 4.84. The van der Waals surface area contributed by atoms with Crippen LogP contribution in [0.15, 0.2) is 0 Å². The monoisotopic (exact) mass is 170 g/mol. The van der Waals surface area contributed by atoms with Crippen molar-refractivity contribution in [3.8, 4) is 0 Å². The van der Waals surface area contributed by atoms with Crippen molar-refractivity contribution in [2.75, 3.05) is 6.61 Å². The summed E-state index contributed by atoms with van der Waals surface area (Å²) in [5.41, 5.74) is 0. The molecule has 2 nitrogen and oxygen atoms in total. The fourth-order valence-corrected chi connectivity index (χ4v) is 0.324. The highest BCUT2D eigenvalue weighted by Crippen LogP contribution is 2.15. The topological polar surface area (TPSA) is 26.3 Å². The van der Waals surface area contributed by atoms with Gasteiger partial charge in [0.1, 0.15) is 6.61 Å². The van der Waals surface area contributed by atoms with Crippen molar-refractivity contribution in [1.82, 2.24) is 0 Å². The maximum absolute atomic E-state index is 11.5. The predicted molar refractivity (Wildman–Crippen MR) is 32.1 cm³/mol. The van der Waals surface area contributed by atoms with E-state index in [0.29, 0.717) is 0 Å². The third kappa shape index (κ3) is 4.78. The summed E-state index contributed by atoms with van der Waals surface area (Å²) in [5, 5.41) is 0. The van der Waals surface area contributed by atoms with E-state index >= 15 is 0 Å². The molecule has 0 aliphatic rings. The second-order valence-electron chi connectivity index (χ2n) is 2.28. The summed E-state index contributed by atoms with van der Waals surface area (Å²) in [6.07, 6.45) is -5.13. The molecule has 0 unspecified atom stereocenters. The zero-order chi connectivity index (χ0) is 9.07. The summed E-state index contributed by atoms with van der Waals surface area (Å²) in [6.45, 7) is 2.23. The molecule has 5 heteroatoms. The Balaban J connectivity index is 3.71. The van der Waals surface area contributed by atoms with Gasteiger partial charge in [0.25, 0.3) is 5.78 Å². The van der Waals surface area contributed by atoms with Crippen LogP contribution in [0, 0.1) is 0 Å².